The predicted octanol–water partition coefficient (Wildman–Crippen LogP) is 3.50. The van der Waals surface area contributed by atoms with Gasteiger partial charge >= 0.3 is 5.97 Å². The van der Waals surface area contributed by atoms with Gasteiger partial charge in [0.1, 0.15) is 5.75 Å². The first kappa shape index (κ1) is 16.4. The molecule has 0 bridgehead atoms. The van der Waals surface area contributed by atoms with Gasteiger partial charge in [-0.15, -0.1) is 10.2 Å². The fourth-order valence-corrected chi connectivity index (χ4v) is 2.07. The summed E-state index contributed by atoms with van der Waals surface area (Å²) in [6.07, 6.45) is 3.04. The molecule has 3 aromatic rings. The third kappa shape index (κ3) is 4.54. The van der Waals surface area contributed by atoms with Crippen molar-refractivity contribution < 1.29 is 18.7 Å². The van der Waals surface area contributed by atoms with Gasteiger partial charge in [0, 0.05) is 11.6 Å². The highest BCUT2D eigenvalue weighted by Gasteiger charge is 2.10. The Morgan fingerprint density at radius 3 is 2.56 bits per heavy atom. The van der Waals surface area contributed by atoms with Crippen molar-refractivity contribution >= 4 is 12.0 Å². The Morgan fingerprint density at radius 2 is 1.84 bits per heavy atom. The molecule has 0 saturated carbocycles. The quantitative estimate of drug-likeness (QED) is 0.506. The molecule has 0 aliphatic heterocycles. The molecule has 0 amide bonds. The standard InChI is InChI=1S/C19H16N2O4/c1-23-16-10-8-15(9-11-16)19-21-20-17(25-19)13-24-18(22)12-7-14-5-3-2-4-6-14/h2-12H,13H2,1H3/b12-7+. The van der Waals surface area contributed by atoms with Gasteiger partial charge in [-0.3, -0.25) is 0 Å². The monoisotopic (exact) mass is 336 g/mol. The molecule has 0 atom stereocenters. The van der Waals surface area contributed by atoms with Crippen molar-refractivity contribution in [2.24, 2.45) is 0 Å². The van der Waals surface area contributed by atoms with Gasteiger partial charge in [-0.1, -0.05) is 30.3 Å². The number of benzene rings is 2. The molecule has 3 rings (SSSR count). The van der Waals surface area contributed by atoms with Gasteiger partial charge in [0.05, 0.1) is 7.11 Å². The van der Waals surface area contributed by atoms with E-state index >= 15 is 0 Å². The summed E-state index contributed by atoms with van der Waals surface area (Å²) in [5.41, 5.74) is 1.67. The van der Waals surface area contributed by atoms with E-state index in [1.54, 1.807) is 25.3 Å². The molecule has 2 aromatic carbocycles. The Balaban J connectivity index is 1.56. The van der Waals surface area contributed by atoms with Crippen molar-refractivity contribution in [3.05, 3.63) is 72.1 Å². The maximum Gasteiger partial charge on any atom is 0.331 e. The maximum atomic E-state index is 11.7. The molecule has 1 heterocycles. The molecule has 25 heavy (non-hydrogen) atoms. The van der Waals surface area contributed by atoms with E-state index < -0.39 is 5.97 Å². The smallest absolute Gasteiger partial charge is 0.331 e. The van der Waals surface area contributed by atoms with Crippen LogP contribution in [-0.4, -0.2) is 23.3 Å². The van der Waals surface area contributed by atoms with Gasteiger partial charge in [0.15, 0.2) is 6.61 Å². The minimum Gasteiger partial charge on any atom is -0.497 e. The third-order valence-corrected chi connectivity index (χ3v) is 3.35. The van der Waals surface area contributed by atoms with Gasteiger partial charge in [-0.05, 0) is 35.9 Å². The van der Waals surface area contributed by atoms with E-state index in [4.69, 9.17) is 13.9 Å². The second-order valence-corrected chi connectivity index (χ2v) is 5.08. The largest absolute Gasteiger partial charge is 0.497 e. The number of hydrogen-bond acceptors (Lipinski definition) is 6. The van der Waals surface area contributed by atoms with Gasteiger partial charge in [0.2, 0.25) is 5.89 Å². The number of methoxy groups -OCH3 is 1. The second-order valence-electron chi connectivity index (χ2n) is 5.08. The summed E-state index contributed by atoms with van der Waals surface area (Å²) in [5.74, 6) is 0.844. The van der Waals surface area contributed by atoms with E-state index in [2.05, 4.69) is 10.2 Å². The average Bonchev–Trinajstić information content (AvgIpc) is 3.14. The van der Waals surface area contributed by atoms with Crippen molar-refractivity contribution in [1.29, 1.82) is 0 Å². The van der Waals surface area contributed by atoms with Gasteiger partial charge < -0.3 is 13.9 Å². The van der Waals surface area contributed by atoms with Crippen molar-refractivity contribution in [3.8, 4) is 17.2 Å². The molecule has 126 valence electrons. The summed E-state index contributed by atoms with van der Waals surface area (Å²) in [6.45, 7) is -0.0822. The Labute approximate surface area is 144 Å². The van der Waals surface area contributed by atoms with Crippen LogP contribution in [0.1, 0.15) is 11.5 Å². The van der Waals surface area contributed by atoms with Crippen LogP contribution in [0.15, 0.2) is 65.1 Å². The van der Waals surface area contributed by atoms with Crippen LogP contribution in [-0.2, 0) is 16.1 Å². The summed E-state index contributed by atoms with van der Waals surface area (Å²) in [6, 6.07) is 16.7. The molecule has 0 aliphatic carbocycles. The van der Waals surface area contributed by atoms with E-state index in [9.17, 15) is 4.79 Å². The molecule has 0 unspecified atom stereocenters. The fraction of sp³-hybridized carbons (Fsp3) is 0.105. The lowest BCUT2D eigenvalue weighted by molar-refractivity contribution is -0.139. The van der Waals surface area contributed by atoms with Crippen LogP contribution in [0.5, 0.6) is 5.75 Å². The SMILES string of the molecule is COc1ccc(-c2nnc(COC(=O)/C=C/c3ccccc3)o2)cc1. The number of carbonyl (C=O) groups is 1. The van der Waals surface area contributed by atoms with Crippen LogP contribution < -0.4 is 4.74 Å². The summed E-state index contributed by atoms with van der Waals surface area (Å²) < 4.78 is 15.7. The number of nitrogens with zero attached hydrogens (tertiary/aromatic N) is 2. The third-order valence-electron chi connectivity index (χ3n) is 3.35. The number of esters is 1. The Hall–Kier alpha value is -3.41. The summed E-state index contributed by atoms with van der Waals surface area (Å²) in [5, 5.41) is 7.82. The number of carbonyl (C=O) groups excluding carboxylic acids is 1. The lowest BCUT2D eigenvalue weighted by Gasteiger charge is -1.99. The van der Waals surface area contributed by atoms with E-state index in [1.807, 2.05) is 42.5 Å². The first-order valence-corrected chi connectivity index (χ1v) is 7.61. The second kappa shape index (κ2) is 7.92. The summed E-state index contributed by atoms with van der Waals surface area (Å²) in [4.78, 5) is 11.7. The fourth-order valence-electron chi connectivity index (χ4n) is 2.07. The molecule has 0 N–H and O–H groups in total. The first-order valence-electron chi connectivity index (χ1n) is 7.61. The zero-order chi connectivity index (χ0) is 17.5. The van der Waals surface area contributed by atoms with E-state index in [0.717, 1.165) is 16.9 Å². The molecular formula is C19H16N2O4. The lowest BCUT2D eigenvalue weighted by atomic mass is 10.2. The topological polar surface area (TPSA) is 74.5 Å². The summed E-state index contributed by atoms with van der Waals surface area (Å²) >= 11 is 0. The zero-order valence-electron chi connectivity index (χ0n) is 13.6. The summed E-state index contributed by atoms with van der Waals surface area (Å²) in [7, 11) is 1.60. The number of rotatable bonds is 6. The van der Waals surface area contributed by atoms with E-state index in [0.29, 0.717) is 5.89 Å². The zero-order valence-corrected chi connectivity index (χ0v) is 13.6. The number of hydrogen-bond donors (Lipinski definition) is 0. The molecular weight excluding hydrogens is 320 g/mol. The predicted molar refractivity (Wildman–Crippen MR) is 91.6 cm³/mol. The van der Waals surface area contributed by atoms with Gasteiger partial charge in [-0.25, -0.2) is 4.79 Å². The Morgan fingerprint density at radius 1 is 1.08 bits per heavy atom. The average molecular weight is 336 g/mol. The molecule has 6 nitrogen and oxygen atoms in total. The molecule has 6 heteroatoms. The van der Waals surface area contributed by atoms with Crippen LogP contribution in [0.25, 0.3) is 17.5 Å². The Kier molecular flexibility index (Phi) is 5.21. The van der Waals surface area contributed by atoms with Crippen molar-refractivity contribution in [2.45, 2.75) is 6.61 Å². The highest BCUT2D eigenvalue weighted by atomic mass is 16.5. The highest BCUT2D eigenvalue weighted by molar-refractivity contribution is 5.86. The van der Waals surface area contributed by atoms with Crippen molar-refractivity contribution in [2.75, 3.05) is 7.11 Å². The minimum absolute atomic E-state index is 0.0822. The van der Waals surface area contributed by atoms with Crippen LogP contribution in [0, 0.1) is 0 Å². The first-order chi connectivity index (χ1) is 12.2. The van der Waals surface area contributed by atoms with Crippen LogP contribution in [0.3, 0.4) is 0 Å². The molecule has 1 aromatic heterocycles. The molecule has 0 fully saturated rings. The van der Waals surface area contributed by atoms with E-state index in [-0.39, 0.29) is 12.5 Å². The minimum atomic E-state index is -0.479. The van der Waals surface area contributed by atoms with Crippen molar-refractivity contribution in [1.82, 2.24) is 10.2 Å². The van der Waals surface area contributed by atoms with Crippen LogP contribution in [0.4, 0.5) is 0 Å². The normalized spacial score (nSPS) is 10.8. The lowest BCUT2D eigenvalue weighted by Crippen LogP contribution is -2.00. The highest BCUT2D eigenvalue weighted by Crippen LogP contribution is 2.21. The molecule has 0 radical (unpaired) electrons. The maximum absolute atomic E-state index is 11.7. The van der Waals surface area contributed by atoms with Gasteiger partial charge in [-0.2, -0.15) is 0 Å². The molecule has 0 saturated heterocycles. The van der Waals surface area contributed by atoms with Crippen LogP contribution >= 0.6 is 0 Å². The molecule has 0 spiro atoms. The molecule has 0 aliphatic rings. The van der Waals surface area contributed by atoms with E-state index in [1.165, 1.54) is 6.08 Å². The van der Waals surface area contributed by atoms with Crippen molar-refractivity contribution in [3.63, 3.8) is 0 Å². The Bertz CT molecular complexity index is 855. The number of ether oxygens (including phenoxy) is 2. The van der Waals surface area contributed by atoms with Gasteiger partial charge in [0.25, 0.3) is 5.89 Å². The number of aromatic nitrogens is 2. The van der Waals surface area contributed by atoms with Crippen LogP contribution in [0.2, 0.25) is 0 Å².